The second kappa shape index (κ2) is 7.16. The predicted octanol–water partition coefficient (Wildman–Crippen LogP) is 4.77. The number of phenolic OH excluding ortho intramolecular Hbond substituents is 1. The molecule has 3 aromatic rings. The van der Waals surface area contributed by atoms with Crippen LogP contribution in [0.1, 0.15) is 22.6 Å². The Hall–Kier alpha value is -3.27. The van der Waals surface area contributed by atoms with Crippen LogP contribution >= 0.6 is 0 Å². The van der Waals surface area contributed by atoms with Gasteiger partial charge in [-0.2, -0.15) is 0 Å². The maximum atomic E-state index is 12.5. The van der Waals surface area contributed by atoms with Gasteiger partial charge in [-0.25, -0.2) is 4.79 Å². The van der Waals surface area contributed by atoms with E-state index in [9.17, 15) is 9.90 Å². The molecule has 0 radical (unpaired) electrons. The summed E-state index contributed by atoms with van der Waals surface area (Å²) >= 11 is 0. The monoisotopic (exact) mass is 359 g/mol. The summed E-state index contributed by atoms with van der Waals surface area (Å²) in [5, 5.41) is 9.88. The average Bonchev–Trinajstić information content (AvgIpc) is 3.02. The Bertz CT molecular complexity index is 937. The summed E-state index contributed by atoms with van der Waals surface area (Å²) in [6.45, 7) is 0.585. The van der Waals surface area contributed by atoms with E-state index in [0.29, 0.717) is 12.1 Å². The van der Waals surface area contributed by atoms with Crippen molar-refractivity contribution in [3.8, 4) is 16.9 Å². The number of benzene rings is 3. The van der Waals surface area contributed by atoms with Crippen molar-refractivity contribution in [3.05, 3.63) is 89.5 Å². The van der Waals surface area contributed by atoms with Gasteiger partial charge in [0.05, 0.1) is 6.54 Å². The Labute approximate surface area is 158 Å². The van der Waals surface area contributed by atoms with Gasteiger partial charge >= 0.3 is 6.09 Å². The minimum atomic E-state index is -0.403. The lowest BCUT2D eigenvalue weighted by Crippen LogP contribution is -2.28. The van der Waals surface area contributed by atoms with Crippen molar-refractivity contribution in [1.29, 1.82) is 0 Å². The molecule has 3 aromatic carbocycles. The van der Waals surface area contributed by atoms with Gasteiger partial charge in [-0.05, 0) is 28.3 Å². The first-order valence-electron chi connectivity index (χ1n) is 8.98. The van der Waals surface area contributed by atoms with Crippen molar-refractivity contribution >= 4 is 6.09 Å². The number of hydrogen-bond donors (Lipinski definition) is 1. The summed E-state index contributed by atoms with van der Waals surface area (Å²) in [6.07, 6.45) is -0.403. The highest BCUT2D eigenvalue weighted by Gasteiger charge is 2.29. The molecule has 1 N–H and O–H groups in total. The molecular formula is C23H21NO3. The first-order chi connectivity index (χ1) is 13.1. The highest BCUT2D eigenvalue weighted by atomic mass is 16.6. The fourth-order valence-electron chi connectivity index (χ4n) is 3.67. The van der Waals surface area contributed by atoms with Crippen molar-refractivity contribution < 1.29 is 14.6 Å². The Kier molecular flexibility index (Phi) is 4.55. The molecule has 1 amide bonds. The molecule has 4 heteroatoms. The highest BCUT2D eigenvalue weighted by Crippen LogP contribution is 2.44. The van der Waals surface area contributed by atoms with Crippen LogP contribution in [-0.4, -0.2) is 29.8 Å². The Morgan fingerprint density at radius 3 is 2.11 bits per heavy atom. The SMILES string of the molecule is CN(Cc1ccccc1O)C(=O)OCC1c2ccccc2-c2ccccc21. The average molecular weight is 359 g/mol. The number of para-hydroxylation sites is 1. The molecule has 136 valence electrons. The van der Waals surface area contributed by atoms with Gasteiger partial charge in [0.2, 0.25) is 0 Å². The van der Waals surface area contributed by atoms with Gasteiger partial charge < -0.3 is 14.7 Å². The zero-order chi connectivity index (χ0) is 18.8. The van der Waals surface area contributed by atoms with Crippen LogP contribution in [0.3, 0.4) is 0 Å². The van der Waals surface area contributed by atoms with Crippen LogP contribution in [-0.2, 0) is 11.3 Å². The number of carbonyl (C=O) groups excluding carboxylic acids is 1. The van der Waals surface area contributed by atoms with Gasteiger partial charge in [0.25, 0.3) is 0 Å². The summed E-state index contributed by atoms with van der Waals surface area (Å²) in [7, 11) is 1.67. The summed E-state index contributed by atoms with van der Waals surface area (Å²) in [5.41, 5.74) is 5.48. The summed E-state index contributed by atoms with van der Waals surface area (Å²) in [5.74, 6) is 0.218. The van der Waals surface area contributed by atoms with Gasteiger partial charge in [0, 0.05) is 18.5 Å². The number of nitrogens with zero attached hydrogens (tertiary/aromatic N) is 1. The molecule has 1 aliphatic carbocycles. The largest absolute Gasteiger partial charge is 0.508 e. The van der Waals surface area contributed by atoms with Crippen molar-refractivity contribution in [3.63, 3.8) is 0 Å². The van der Waals surface area contributed by atoms with E-state index in [0.717, 1.165) is 0 Å². The first-order valence-corrected chi connectivity index (χ1v) is 8.98. The van der Waals surface area contributed by atoms with Gasteiger partial charge in [-0.15, -0.1) is 0 Å². The minimum absolute atomic E-state index is 0.0416. The number of hydrogen-bond acceptors (Lipinski definition) is 3. The van der Waals surface area contributed by atoms with E-state index < -0.39 is 6.09 Å². The van der Waals surface area contributed by atoms with Crippen molar-refractivity contribution in [2.75, 3.05) is 13.7 Å². The van der Waals surface area contributed by atoms with E-state index in [-0.39, 0.29) is 18.3 Å². The summed E-state index contributed by atoms with van der Waals surface area (Å²) in [4.78, 5) is 13.9. The third-order valence-corrected chi connectivity index (χ3v) is 5.05. The first kappa shape index (κ1) is 17.2. The van der Waals surface area contributed by atoms with Crippen molar-refractivity contribution in [2.45, 2.75) is 12.5 Å². The van der Waals surface area contributed by atoms with Crippen LogP contribution < -0.4 is 0 Å². The number of amides is 1. The molecule has 4 rings (SSSR count). The van der Waals surface area contributed by atoms with Gasteiger partial charge in [-0.3, -0.25) is 0 Å². The van der Waals surface area contributed by atoms with E-state index in [1.54, 1.807) is 25.2 Å². The van der Waals surface area contributed by atoms with Gasteiger partial charge in [0.15, 0.2) is 0 Å². The molecule has 0 bridgehead atoms. The Balaban J connectivity index is 1.47. The number of phenols is 1. The fourth-order valence-corrected chi connectivity index (χ4v) is 3.67. The van der Waals surface area contributed by atoms with Crippen LogP contribution in [0.2, 0.25) is 0 Å². The highest BCUT2D eigenvalue weighted by molar-refractivity contribution is 5.79. The van der Waals surface area contributed by atoms with Crippen LogP contribution in [0.4, 0.5) is 4.79 Å². The normalized spacial score (nSPS) is 12.3. The molecule has 1 aliphatic rings. The summed E-state index contributed by atoms with van der Waals surface area (Å²) in [6, 6.07) is 23.5. The lowest BCUT2D eigenvalue weighted by atomic mass is 9.98. The fraction of sp³-hybridized carbons (Fsp3) is 0.174. The Morgan fingerprint density at radius 1 is 0.926 bits per heavy atom. The molecule has 0 atom stereocenters. The lowest BCUT2D eigenvalue weighted by molar-refractivity contribution is 0.106. The maximum absolute atomic E-state index is 12.5. The van der Waals surface area contributed by atoms with Crippen molar-refractivity contribution in [2.24, 2.45) is 0 Å². The second-order valence-electron chi connectivity index (χ2n) is 6.79. The molecule has 0 unspecified atom stereocenters. The molecule has 0 aromatic heterocycles. The molecule has 0 saturated carbocycles. The molecule has 0 fully saturated rings. The molecule has 0 aliphatic heterocycles. The smallest absolute Gasteiger partial charge is 0.409 e. The second-order valence-corrected chi connectivity index (χ2v) is 6.79. The van der Waals surface area contributed by atoms with Crippen LogP contribution in [0.15, 0.2) is 72.8 Å². The minimum Gasteiger partial charge on any atom is -0.508 e. The zero-order valence-electron chi connectivity index (χ0n) is 15.1. The third kappa shape index (κ3) is 3.26. The van der Waals surface area contributed by atoms with Crippen LogP contribution in [0.5, 0.6) is 5.75 Å². The number of rotatable bonds is 4. The zero-order valence-corrected chi connectivity index (χ0v) is 15.1. The quantitative estimate of drug-likeness (QED) is 0.730. The van der Waals surface area contributed by atoms with E-state index in [2.05, 4.69) is 24.3 Å². The molecular weight excluding hydrogens is 338 g/mol. The number of aromatic hydroxyl groups is 1. The molecule has 0 saturated heterocycles. The molecule has 0 heterocycles. The van der Waals surface area contributed by atoms with E-state index in [4.69, 9.17) is 4.74 Å². The van der Waals surface area contributed by atoms with Crippen LogP contribution in [0, 0.1) is 0 Å². The number of fused-ring (bicyclic) bond motifs is 3. The third-order valence-electron chi connectivity index (χ3n) is 5.05. The maximum Gasteiger partial charge on any atom is 0.409 e. The lowest BCUT2D eigenvalue weighted by Gasteiger charge is -2.20. The Morgan fingerprint density at radius 2 is 1.48 bits per heavy atom. The van der Waals surface area contributed by atoms with Crippen LogP contribution in [0.25, 0.3) is 11.1 Å². The molecule has 0 spiro atoms. The van der Waals surface area contributed by atoms with Gasteiger partial charge in [-0.1, -0.05) is 66.7 Å². The van der Waals surface area contributed by atoms with Gasteiger partial charge in [0.1, 0.15) is 12.4 Å². The summed E-state index contributed by atoms with van der Waals surface area (Å²) < 4.78 is 5.62. The van der Waals surface area contributed by atoms with E-state index in [1.807, 2.05) is 30.3 Å². The van der Waals surface area contributed by atoms with E-state index >= 15 is 0 Å². The standard InChI is InChI=1S/C23H21NO3/c1-24(14-16-8-2-7-13-22(16)25)23(26)27-15-21-19-11-5-3-9-17(19)18-10-4-6-12-20(18)21/h2-13,21,25H,14-15H2,1H3. The molecule has 4 nitrogen and oxygen atoms in total. The number of carbonyl (C=O) groups is 1. The topological polar surface area (TPSA) is 49.8 Å². The van der Waals surface area contributed by atoms with Crippen molar-refractivity contribution in [1.82, 2.24) is 4.90 Å². The van der Waals surface area contributed by atoms with E-state index in [1.165, 1.54) is 27.2 Å². The predicted molar refractivity (Wildman–Crippen MR) is 105 cm³/mol. The molecule has 27 heavy (non-hydrogen) atoms. The number of ether oxygens (including phenoxy) is 1.